The lowest BCUT2D eigenvalue weighted by molar-refractivity contribution is -0.119. The summed E-state index contributed by atoms with van der Waals surface area (Å²) in [5.74, 6) is -2.63. The van der Waals surface area contributed by atoms with E-state index in [0.29, 0.717) is 17.1 Å². The van der Waals surface area contributed by atoms with Gasteiger partial charge in [0.15, 0.2) is 0 Å². The molecule has 6 nitrogen and oxygen atoms in total. The second kappa shape index (κ2) is 7.87. The predicted molar refractivity (Wildman–Crippen MR) is 96.4 cm³/mol. The average Bonchev–Trinajstić information content (AvgIpc) is 2.95. The molecular weight excluding hydrogens is 378 g/mol. The van der Waals surface area contributed by atoms with Gasteiger partial charge in [-0.3, -0.25) is 9.59 Å². The summed E-state index contributed by atoms with van der Waals surface area (Å²) in [6.07, 6.45) is 0. The van der Waals surface area contributed by atoms with Gasteiger partial charge in [-0.15, -0.1) is 0 Å². The third-order valence-electron chi connectivity index (χ3n) is 4.05. The highest BCUT2D eigenvalue weighted by Gasteiger charge is 2.28. The van der Waals surface area contributed by atoms with Crippen LogP contribution < -0.4 is 10.6 Å². The molecule has 0 fully saturated rings. The highest BCUT2D eigenvalue weighted by Crippen LogP contribution is 2.24. The summed E-state index contributed by atoms with van der Waals surface area (Å²) >= 11 is 5.61. The van der Waals surface area contributed by atoms with Gasteiger partial charge in [-0.25, -0.2) is 13.8 Å². The first kappa shape index (κ1) is 15.3. The van der Waals surface area contributed by atoms with Gasteiger partial charge >= 0.3 is 0 Å². The van der Waals surface area contributed by atoms with E-state index in [2.05, 4.69) is 15.6 Å². The first-order valence-electron chi connectivity index (χ1n) is 9.51. The Morgan fingerprint density at radius 1 is 1.37 bits per heavy atom. The molecule has 0 spiro atoms. The van der Waals surface area contributed by atoms with Crippen LogP contribution in [0.4, 0.5) is 14.6 Å². The fraction of sp³-hybridized carbons (Fsp3) is 0.278. The maximum atomic E-state index is 13.9. The molecule has 2 N–H and O–H groups in total. The lowest BCUT2D eigenvalue weighted by Gasteiger charge is -2.14. The van der Waals surface area contributed by atoms with Crippen LogP contribution in [0.25, 0.3) is 0 Å². The summed E-state index contributed by atoms with van der Waals surface area (Å²) < 4.78 is 48.8. The van der Waals surface area contributed by atoms with Gasteiger partial charge in [-0.2, -0.15) is 0 Å². The van der Waals surface area contributed by atoms with E-state index in [1.807, 2.05) is 0 Å². The van der Waals surface area contributed by atoms with Gasteiger partial charge in [0, 0.05) is 41.2 Å². The second-order valence-electron chi connectivity index (χ2n) is 5.87. The third-order valence-corrected chi connectivity index (χ3v) is 4.27. The van der Waals surface area contributed by atoms with Crippen LogP contribution >= 0.6 is 11.6 Å². The van der Waals surface area contributed by atoms with Gasteiger partial charge in [0.2, 0.25) is 5.91 Å². The first-order valence-corrected chi connectivity index (χ1v) is 8.39. The number of amides is 2. The molecule has 9 heteroatoms. The van der Waals surface area contributed by atoms with Crippen molar-refractivity contribution >= 4 is 29.2 Å². The zero-order chi connectivity index (χ0) is 22.1. The SMILES string of the molecule is [2H]C([2H])([2H])C(=O)NCCN1Cc2nc(NCc3c(F)cc(Cl)cc3F)ccc2C1=O. The summed E-state index contributed by atoms with van der Waals surface area (Å²) in [4.78, 5) is 29.5. The first-order chi connectivity index (χ1) is 14.1. The maximum Gasteiger partial charge on any atom is 0.256 e. The summed E-state index contributed by atoms with van der Waals surface area (Å²) in [7, 11) is 0. The third kappa shape index (κ3) is 4.33. The van der Waals surface area contributed by atoms with Gasteiger partial charge in [-0.1, -0.05) is 11.6 Å². The molecule has 0 radical (unpaired) electrons. The predicted octanol–water partition coefficient (Wildman–Crippen LogP) is 2.72. The van der Waals surface area contributed by atoms with Gasteiger partial charge < -0.3 is 15.5 Å². The Morgan fingerprint density at radius 2 is 2.11 bits per heavy atom. The van der Waals surface area contributed by atoms with Crippen molar-refractivity contribution in [1.29, 1.82) is 0 Å². The lowest BCUT2D eigenvalue weighted by atomic mass is 10.2. The minimum atomic E-state index is -2.75. The van der Waals surface area contributed by atoms with E-state index in [1.165, 1.54) is 11.0 Å². The van der Waals surface area contributed by atoms with Crippen molar-refractivity contribution in [1.82, 2.24) is 15.2 Å². The van der Waals surface area contributed by atoms with Gasteiger partial charge in [-0.05, 0) is 24.3 Å². The van der Waals surface area contributed by atoms with E-state index in [-0.39, 0.29) is 42.7 Å². The Labute approximate surface area is 163 Å². The highest BCUT2D eigenvalue weighted by atomic mass is 35.5. The van der Waals surface area contributed by atoms with E-state index < -0.39 is 24.4 Å². The zero-order valence-corrected chi connectivity index (χ0v) is 14.7. The summed E-state index contributed by atoms with van der Waals surface area (Å²) in [6.45, 7) is -2.66. The molecule has 1 aliphatic rings. The summed E-state index contributed by atoms with van der Waals surface area (Å²) in [5.41, 5.74) is 0.639. The molecule has 27 heavy (non-hydrogen) atoms. The normalized spacial score (nSPS) is 15.0. The summed E-state index contributed by atoms with van der Waals surface area (Å²) in [5, 5.41) is 5.02. The van der Waals surface area contributed by atoms with Crippen LogP contribution in [0.5, 0.6) is 0 Å². The fourth-order valence-corrected chi connectivity index (χ4v) is 2.93. The number of benzene rings is 1. The Morgan fingerprint density at radius 3 is 2.81 bits per heavy atom. The second-order valence-corrected chi connectivity index (χ2v) is 6.31. The van der Waals surface area contributed by atoms with E-state index in [0.717, 1.165) is 12.1 Å². The molecule has 1 aromatic heterocycles. The molecular formula is C18H17ClF2N4O2. The molecule has 3 rings (SSSR count). The quantitative estimate of drug-likeness (QED) is 0.786. The molecule has 2 amide bonds. The fourth-order valence-electron chi connectivity index (χ4n) is 2.74. The molecule has 142 valence electrons. The number of nitrogens with zero attached hydrogens (tertiary/aromatic N) is 2. The van der Waals surface area contributed by atoms with Crippen LogP contribution in [0.15, 0.2) is 24.3 Å². The smallest absolute Gasteiger partial charge is 0.256 e. The van der Waals surface area contributed by atoms with Crippen LogP contribution in [0.3, 0.4) is 0 Å². The monoisotopic (exact) mass is 397 g/mol. The van der Waals surface area contributed by atoms with Gasteiger partial charge in [0.25, 0.3) is 5.91 Å². The van der Waals surface area contributed by atoms with Crippen LogP contribution in [-0.2, 0) is 17.9 Å². The Kier molecular flexibility index (Phi) is 4.47. The van der Waals surface area contributed by atoms with Crippen molar-refractivity contribution in [2.75, 3.05) is 18.4 Å². The Hall–Kier alpha value is -2.74. The number of nitrogens with one attached hydrogen (secondary N) is 2. The molecule has 0 atom stereocenters. The van der Waals surface area contributed by atoms with Gasteiger partial charge in [0.05, 0.1) is 17.8 Å². The molecule has 1 aliphatic heterocycles. The molecule has 0 unspecified atom stereocenters. The maximum absolute atomic E-state index is 13.9. The molecule has 2 aromatic rings. The molecule has 1 aromatic carbocycles. The molecule has 0 saturated heterocycles. The number of aromatic nitrogens is 1. The standard InChI is InChI=1S/C18H17ClF2N4O2/c1-10(26)22-4-5-25-9-16-12(18(25)27)2-3-17(24-16)23-8-13-14(20)6-11(19)7-15(13)21/h2-3,6-7H,4-5,8-9H2,1H3,(H,22,26)(H,23,24)/i1D3. The van der Waals surface area contributed by atoms with Crippen molar-refractivity contribution in [3.63, 3.8) is 0 Å². The minimum Gasteiger partial charge on any atom is -0.366 e. The number of carbonyl (C=O) groups is 2. The Balaban J connectivity index is 1.61. The number of fused-ring (bicyclic) bond motifs is 1. The lowest BCUT2D eigenvalue weighted by Crippen LogP contribution is -2.34. The molecule has 0 aliphatic carbocycles. The van der Waals surface area contributed by atoms with Gasteiger partial charge in [0.1, 0.15) is 17.5 Å². The zero-order valence-electron chi connectivity index (χ0n) is 17.0. The van der Waals surface area contributed by atoms with E-state index in [1.54, 1.807) is 6.07 Å². The molecule has 0 bridgehead atoms. The van der Waals surface area contributed by atoms with E-state index >= 15 is 0 Å². The number of rotatable bonds is 6. The largest absolute Gasteiger partial charge is 0.366 e. The average molecular weight is 398 g/mol. The molecule has 2 heterocycles. The summed E-state index contributed by atoms with van der Waals surface area (Å²) in [6, 6.07) is 5.09. The van der Waals surface area contributed by atoms with Crippen molar-refractivity contribution < 1.29 is 22.5 Å². The number of carbonyl (C=O) groups excluding carboxylic acids is 2. The number of hydrogen-bond acceptors (Lipinski definition) is 4. The van der Waals surface area contributed by atoms with Crippen molar-refractivity contribution in [2.45, 2.75) is 19.9 Å². The van der Waals surface area contributed by atoms with E-state index in [9.17, 15) is 18.4 Å². The van der Waals surface area contributed by atoms with Crippen molar-refractivity contribution in [3.05, 3.63) is 57.7 Å². The van der Waals surface area contributed by atoms with Crippen molar-refractivity contribution in [3.8, 4) is 0 Å². The Bertz CT molecular complexity index is 981. The van der Waals surface area contributed by atoms with Crippen LogP contribution in [0, 0.1) is 11.6 Å². The van der Waals surface area contributed by atoms with Crippen LogP contribution in [-0.4, -0.2) is 34.8 Å². The minimum absolute atomic E-state index is 0.0167. The number of pyridine rings is 1. The highest BCUT2D eigenvalue weighted by molar-refractivity contribution is 6.30. The number of hydrogen-bond donors (Lipinski definition) is 2. The number of anilines is 1. The molecule has 0 saturated carbocycles. The number of halogens is 3. The van der Waals surface area contributed by atoms with Crippen LogP contribution in [0.1, 0.15) is 32.6 Å². The van der Waals surface area contributed by atoms with Crippen LogP contribution in [0.2, 0.25) is 5.02 Å². The van der Waals surface area contributed by atoms with Crippen molar-refractivity contribution in [2.24, 2.45) is 0 Å². The topological polar surface area (TPSA) is 74.3 Å². The van der Waals surface area contributed by atoms with E-state index in [4.69, 9.17) is 15.7 Å².